The predicted molar refractivity (Wildman–Crippen MR) is 77.0 cm³/mol. The Bertz CT molecular complexity index is 444. The number of likely N-dealkylation sites (tertiary alicyclic amines) is 1. The van der Waals surface area contributed by atoms with Crippen molar-refractivity contribution >= 4 is 6.09 Å². The van der Waals surface area contributed by atoms with Gasteiger partial charge in [-0.25, -0.2) is 9.18 Å². The van der Waals surface area contributed by atoms with Crippen LogP contribution in [-0.4, -0.2) is 54.6 Å². The Kier molecular flexibility index (Phi) is 5.95. The van der Waals surface area contributed by atoms with Crippen molar-refractivity contribution < 1.29 is 19.0 Å². The zero-order valence-electron chi connectivity index (χ0n) is 11.9. The third kappa shape index (κ3) is 4.68. The second kappa shape index (κ2) is 7.95. The summed E-state index contributed by atoms with van der Waals surface area (Å²) in [6, 6.07) is 9.99. The largest absolute Gasteiger partial charge is 0.465 e. The quantitative estimate of drug-likeness (QED) is 0.841. The molecule has 1 aliphatic heterocycles. The Labute approximate surface area is 123 Å². The second-order valence-electron chi connectivity index (χ2n) is 5.09. The summed E-state index contributed by atoms with van der Waals surface area (Å²) in [5, 5.41) is 12.4. The predicted octanol–water partition coefficient (Wildman–Crippen LogP) is 1.88. The molecule has 1 aliphatic rings. The van der Waals surface area contributed by atoms with Gasteiger partial charge in [0.2, 0.25) is 0 Å². The van der Waals surface area contributed by atoms with E-state index in [1.54, 1.807) is 0 Å². The first-order chi connectivity index (χ1) is 10.2. The van der Waals surface area contributed by atoms with Crippen LogP contribution in [0.5, 0.6) is 0 Å². The Balaban J connectivity index is 1.91. The van der Waals surface area contributed by atoms with Crippen LogP contribution in [0.4, 0.5) is 9.18 Å². The molecule has 2 N–H and O–H groups in total. The Morgan fingerprint density at radius 3 is 2.86 bits per heavy atom. The van der Waals surface area contributed by atoms with Crippen molar-refractivity contribution in [3.8, 4) is 0 Å². The van der Waals surface area contributed by atoms with Gasteiger partial charge in [-0.3, -0.25) is 0 Å². The Hall–Kier alpha value is -1.66. The average Bonchev–Trinajstić information content (AvgIpc) is 2.52. The van der Waals surface area contributed by atoms with Gasteiger partial charge < -0.3 is 20.1 Å². The molecule has 2 rings (SSSR count). The van der Waals surface area contributed by atoms with Crippen molar-refractivity contribution in [3.05, 3.63) is 35.9 Å². The molecule has 1 saturated heterocycles. The number of rotatable bonds is 6. The van der Waals surface area contributed by atoms with Gasteiger partial charge in [0, 0.05) is 19.1 Å². The first-order valence-electron chi connectivity index (χ1n) is 7.13. The van der Waals surface area contributed by atoms with E-state index in [1.807, 2.05) is 30.3 Å². The minimum atomic E-state index is -0.953. The number of alkyl halides is 1. The van der Waals surface area contributed by atoms with Gasteiger partial charge in [0.15, 0.2) is 0 Å². The molecule has 1 heterocycles. The van der Waals surface area contributed by atoms with Gasteiger partial charge in [0.05, 0.1) is 19.3 Å². The highest BCUT2D eigenvalue weighted by atomic mass is 19.1. The smallest absolute Gasteiger partial charge is 0.407 e. The molecular formula is C15H21FN2O3. The second-order valence-corrected chi connectivity index (χ2v) is 5.09. The van der Waals surface area contributed by atoms with E-state index in [-0.39, 0.29) is 25.3 Å². The van der Waals surface area contributed by atoms with Gasteiger partial charge in [0.25, 0.3) is 0 Å². The van der Waals surface area contributed by atoms with E-state index in [0.717, 1.165) is 5.56 Å². The topological polar surface area (TPSA) is 61.8 Å². The van der Waals surface area contributed by atoms with Crippen molar-refractivity contribution in [3.63, 3.8) is 0 Å². The number of ether oxygens (including phenoxy) is 1. The molecule has 5 nitrogen and oxygen atoms in total. The van der Waals surface area contributed by atoms with E-state index in [0.29, 0.717) is 19.5 Å². The molecular weight excluding hydrogens is 275 g/mol. The number of hydrogen-bond donors (Lipinski definition) is 2. The van der Waals surface area contributed by atoms with Crippen molar-refractivity contribution in [1.29, 1.82) is 0 Å². The number of piperidine rings is 1. The van der Waals surface area contributed by atoms with Crippen LogP contribution in [0, 0.1) is 0 Å². The lowest BCUT2D eigenvalue weighted by molar-refractivity contribution is -0.0222. The third-order valence-electron chi connectivity index (χ3n) is 3.65. The van der Waals surface area contributed by atoms with Crippen LogP contribution in [-0.2, 0) is 11.3 Å². The number of carboxylic acid groups (broad SMARTS) is 1. The normalized spacial score (nSPS) is 22.2. The SMILES string of the molecule is O=C(O)N1CCC(NCc2ccccc2)C(OCCF)C1. The van der Waals surface area contributed by atoms with Gasteiger partial charge in [-0.1, -0.05) is 30.3 Å². The maximum Gasteiger partial charge on any atom is 0.407 e. The van der Waals surface area contributed by atoms with Gasteiger partial charge in [0.1, 0.15) is 6.67 Å². The van der Waals surface area contributed by atoms with E-state index >= 15 is 0 Å². The van der Waals surface area contributed by atoms with Crippen LogP contribution in [0.25, 0.3) is 0 Å². The zero-order valence-corrected chi connectivity index (χ0v) is 11.9. The van der Waals surface area contributed by atoms with Crippen molar-refractivity contribution in [1.82, 2.24) is 10.2 Å². The third-order valence-corrected chi connectivity index (χ3v) is 3.65. The van der Waals surface area contributed by atoms with E-state index in [9.17, 15) is 9.18 Å². The van der Waals surface area contributed by atoms with Gasteiger partial charge in [-0.05, 0) is 12.0 Å². The first kappa shape index (κ1) is 15.7. The minimum absolute atomic E-state index is 0.00163. The molecule has 21 heavy (non-hydrogen) atoms. The fourth-order valence-corrected chi connectivity index (χ4v) is 2.53. The number of halogens is 1. The van der Waals surface area contributed by atoms with Crippen LogP contribution in [0.15, 0.2) is 30.3 Å². The van der Waals surface area contributed by atoms with E-state index in [4.69, 9.17) is 9.84 Å². The molecule has 2 atom stereocenters. The number of carbonyl (C=O) groups is 1. The maximum atomic E-state index is 12.3. The lowest BCUT2D eigenvalue weighted by Gasteiger charge is -2.37. The van der Waals surface area contributed by atoms with Gasteiger partial charge in [-0.2, -0.15) is 0 Å². The molecule has 116 valence electrons. The van der Waals surface area contributed by atoms with E-state index in [1.165, 1.54) is 4.90 Å². The van der Waals surface area contributed by atoms with Crippen LogP contribution in [0.3, 0.4) is 0 Å². The van der Waals surface area contributed by atoms with Crippen LogP contribution >= 0.6 is 0 Å². The summed E-state index contributed by atoms with van der Waals surface area (Å²) in [6.07, 6.45) is -0.601. The molecule has 0 aromatic heterocycles. The molecule has 1 aromatic rings. The van der Waals surface area contributed by atoms with Crippen LogP contribution in [0.1, 0.15) is 12.0 Å². The number of nitrogens with zero attached hydrogens (tertiary/aromatic N) is 1. The summed E-state index contributed by atoms with van der Waals surface area (Å²) in [5.74, 6) is 0. The molecule has 1 fully saturated rings. The summed E-state index contributed by atoms with van der Waals surface area (Å²) >= 11 is 0. The number of amides is 1. The highest BCUT2D eigenvalue weighted by molar-refractivity contribution is 5.65. The fourth-order valence-electron chi connectivity index (χ4n) is 2.53. The van der Waals surface area contributed by atoms with Crippen molar-refractivity contribution in [2.75, 3.05) is 26.4 Å². The minimum Gasteiger partial charge on any atom is -0.465 e. The van der Waals surface area contributed by atoms with E-state index < -0.39 is 12.8 Å². The van der Waals surface area contributed by atoms with Crippen LogP contribution in [0.2, 0.25) is 0 Å². The molecule has 1 amide bonds. The number of nitrogens with one attached hydrogen (secondary N) is 1. The fraction of sp³-hybridized carbons (Fsp3) is 0.533. The number of hydrogen-bond acceptors (Lipinski definition) is 3. The lowest BCUT2D eigenvalue weighted by atomic mass is 10.0. The summed E-state index contributed by atoms with van der Waals surface area (Å²) in [4.78, 5) is 12.4. The van der Waals surface area contributed by atoms with Gasteiger partial charge >= 0.3 is 6.09 Å². The van der Waals surface area contributed by atoms with Crippen LogP contribution < -0.4 is 5.32 Å². The zero-order chi connectivity index (χ0) is 15.1. The Morgan fingerprint density at radius 2 is 2.19 bits per heavy atom. The van der Waals surface area contributed by atoms with E-state index in [2.05, 4.69) is 5.32 Å². The maximum absolute atomic E-state index is 12.3. The molecule has 0 saturated carbocycles. The lowest BCUT2D eigenvalue weighted by Crippen LogP contribution is -2.54. The summed E-state index contributed by atoms with van der Waals surface area (Å²) in [7, 11) is 0. The van der Waals surface area contributed by atoms with Crippen molar-refractivity contribution in [2.45, 2.75) is 25.1 Å². The first-order valence-corrected chi connectivity index (χ1v) is 7.13. The molecule has 0 bridgehead atoms. The highest BCUT2D eigenvalue weighted by Crippen LogP contribution is 2.15. The molecule has 0 aliphatic carbocycles. The molecule has 6 heteroatoms. The summed E-state index contributed by atoms with van der Waals surface area (Å²) in [5.41, 5.74) is 1.16. The standard InChI is InChI=1S/C15H21FN2O3/c16-7-9-21-14-11-18(15(19)20)8-6-13(14)17-10-12-4-2-1-3-5-12/h1-5,13-14,17H,6-11H2,(H,19,20). The molecule has 2 unspecified atom stereocenters. The monoisotopic (exact) mass is 296 g/mol. The summed E-state index contributed by atoms with van der Waals surface area (Å²) < 4.78 is 17.8. The average molecular weight is 296 g/mol. The van der Waals surface area contributed by atoms with Crippen molar-refractivity contribution in [2.24, 2.45) is 0 Å². The summed E-state index contributed by atoms with van der Waals surface area (Å²) in [6.45, 7) is 0.879. The Morgan fingerprint density at radius 1 is 1.43 bits per heavy atom. The molecule has 0 radical (unpaired) electrons. The highest BCUT2D eigenvalue weighted by Gasteiger charge is 2.31. The molecule has 0 spiro atoms. The number of benzene rings is 1. The van der Waals surface area contributed by atoms with Gasteiger partial charge in [-0.15, -0.1) is 0 Å². The molecule has 1 aromatic carbocycles.